The molecule has 1 aromatic carbocycles. The van der Waals surface area contributed by atoms with Crippen molar-refractivity contribution in [3.63, 3.8) is 0 Å². The van der Waals surface area contributed by atoms with E-state index < -0.39 is 0 Å². The number of nitrogens with one attached hydrogen (secondary N) is 2. The Hall–Kier alpha value is -1.10. The van der Waals surface area contributed by atoms with Crippen LogP contribution in [0.5, 0.6) is 0 Å². The van der Waals surface area contributed by atoms with Crippen molar-refractivity contribution in [1.82, 2.24) is 10.3 Å². The molecule has 0 aliphatic heterocycles. The largest absolute Gasteiger partial charge is 0.315 e. The Kier molecular flexibility index (Phi) is 3.73. The molecular formula is C14H15ClN2OS. The Morgan fingerprint density at radius 3 is 2.84 bits per heavy atom. The molecule has 0 unspecified atom stereocenters. The van der Waals surface area contributed by atoms with Crippen molar-refractivity contribution in [3.8, 4) is 0 Å². The molecule has 0 amide bonds. The number of aromatic amines is 1. The number of thiazole rings is 1. The summed E-state index contributed by atoms with van der Waals surface area (Å²) in [7, 11) is 0. The van der Waals surface area contributed by atoms with Crippen LogP contribution >= 0.6 is 22.9 Å². The first-order valence-corrected chi connectivity index (χ1v) is 7.62. The van der Waals surface area contributed by atoms with E-state index in [-0.39, 0.29) is 4.87 Å². The van der Waals surface area contributed by atoms with Crippen LogP contribution in [0.1, 0.15) is 30.0 Å². The van der Waals surface area contributed by atoms with Crippen LogP contribution in [0.3, 0.4) is 0 Å². The van der Waals surface area contributed by atoms with Gasteiger partial charge in [-0.15, -0.1) is 0 Å². The van der Waals surface area contributed by atoms with Crippen molar-refractivity contribution in [2.24, 2.45) is 0 Å². The normalized spacial score (nSPS) is 22.2. The first-order chi connectivity index (χ1) is 9.22. The Morgan fingerprint density at radius 2 is 2.16 bits per heavy atom. The predicted octanol–water partition coefficient (Wildman–Crippen LogP) is 3.13. The summed E-state index contributed by atoms with van der Waals surface area (Å²) >= 11 is 7.41. The van der Waals surface area contributed by atoms with Crippen LogP contribution < -0.4 is 10.2 Å². The number of benzene rings is 1. The Bertz CT molecular complexity index is 616. The molecule has 100 valence electrons. The lowest BCUT2D eigenvalue weighted by Gasteiger charge is -2.36. The second-order valence-corrected chi connectivity index (χ2v) is 6.19. The molecule has 3 rings (SSSR count). The van der Waals surface area contributed by atoms with Crippen molar-refractivity contribution in [2.75, 3.05) is 0 Å². The number of rotatable bonds is 4. The van der Waals surface area contributed by atoms with Gasteiger partial charge in [-0.2, -0.15) is 0 Å². The van der Waals surface area contributed by atoms with Crippen LogP contribution in [0.2, 0.25) is 5.02 Å². The van der Waals surface area contributed by atoms with E-state index in [4.69, 9.17) is 11.6 Å². The monoisotopic (exact) mass is 294 g/mol. The number of aromatic nitrogens is 1. The summed E-state index contributed by atoms with van der Waals surface area (Å²) in [5.41, 5.74) is 2.22. The fourth-order valence-electron chi connectivity index (χ4n) is 2.50. The maximum atomic E-state index is 11.0. The fourth-order valence-corrected chi connectivity index (χ4v) is 3.37. The van der Waals surface area contributed by atoms with Crippen molar-refractivity contribution in [3.05, 3.63) is 55.6 Å². The summed E-state index contributed by atoms with van der Waals surface area (Å²) in [5.74, 6) is 0.563. The summed E-state index contributed by atoms with van der Waals surface area (Å²) in [6.07, 6.45) is 2.22. The highest BCUT2D eigenvalue weighted by atomic mass is 35.5. The molecule has 2 N–H and O–H groups in total. The van der Waals surface area contributed by atoms with Crippen LogP contribution in [0.15, 0.2) is 34.4 Å². The van der Waals surface area contributed by atoms with Gasteiger partial charge in [0.2, 0.25) is 0 Å². The second kappa shape index (κ2) is 5.49. The molecular weight excluding hydrogens is 280 g/mol. The van der Waals surface area contributed by atoms with Gasteiger partial charge in [0.05, 0.1) is 0 Å². The number of hydrogen-bond acceptors (Lipinski definition) is 3. The topological polar surface area (TPSA) is 44.9 Å². The minimum Gasteiger partial charge on any atom is -0.315 e. The first kappa shape index (κ1) is 12.9. The van der Waals surface area contributed by atoms with E-state index in [1.807, 2.05) is 23.6 Å². The summed E-state index contributed by atoms with van der Waals surface area (Å²) in [5, 5.41) is 6.20. The molecule has 2 aromatic rings. The average molecular weight is 295 g/mol. The minimum absolute atomic E-state index is 0.0133. The van der Waals surface area contributed by atoms with Gasteiger partial charge in [0.25, 0.3) is 0 Å². The van der Waals surface area contributed by atoms with E-state index in [9.17, 15) is 4.79 Å². The smallest absolute Gasteiger partial charge is 0.304 e. The summed E-state index contributed by atoms with van der Waals surface area (Å²) < 4.78 is 0. The molecule has 0 bridgehead atoms. The third-order valence-electron chi connectivity index (χ3n) is 3.64. The van der Waals surface area contributed by atoms with Crippen LogP contribution in [-0.2, 0) is 6.54 Å². The maximum absolute atomic E-state index is 11.0. The standard InChI is InChI=1S/C14H15ClN2OS/c15-13-4-2-1-3-12(13)9-5-10(6-9)16-7-11-8-19-14(18)17-11/h1-4,8-10,16H,5-7H2,(H,17,18). The highest BCUT2D eigenvalue weighted by molar-refractivity contribution is 7.07. The lowest BCUT2D eigenvalue weighted by Crippen LogP contribution is -2.39. The molecule has 1 aliphatic rings. The first-order valence-electron chi connectivity index (χ1n) is 6.37. The Balaban J connectivity index is 1.51. The fraction of sp³-hybridized carbons (Fsp3) is 0.357. The van der Waals surface area contributed by atoms with E-state index >= 15 is 0 Å². The maximum Gasteiger partial charge on any atom is 0.304 e. The number of H-pyrrole nitrogens is 1. The lowest BCUT2D eigenvalue weighted by molar-refractivity contribution is 0.289. The zero-order valence-corrected chi connectivity index (χ0v) is 11.9. The molecule has 1 aliphatic carbocycles. The van der Waals surface area contributed by atoms with Gasteiger partial charge < -0.3 is 10.3 Å². The molecule has 5 heteroatoms. The molecule has 0 atom stereocenters. The zero-order valence-electron chi connectivity index (χ0n) is 10.4. The van der Waals surface area contributed by atoms with Crippen molar-refractivity contribution >= 4 is 22.9 Å². The van der Waals surface area contributed by atoms with E-state index in [1.54, 1.807) is 0 Å². The Morgan fingerprint density at radius 1 is 1.37 bits per heavy atom. The highest BCUT2D eigenvalue weighted by Gasteiger charge is 2.30. The highest BCUT2D eigenvalue weighted by Crippen LogP contribution is 2.39. The van der Waals surface area contributed by atoms with Gasteiger partial charge in [0, 0.05) is 28.7 Å². The lowest BCUT2D eigenvalue weighted by atomic mass is 9.76. The van der Waals surface area contributed by atoms with Gasteiger partial charge in [0.15, 0.2) is 0 Å². The van der Waals surface area contributed by atoms with Crippen LogP contribution in [0, 0.1) is 0 Å². The average Bonchev–Trinajstić information content (AvgIpc) is 2.75. The van der Waals surface area contributed by atoms with Gasteiger partial charge in [-0.1, -0.05) is 41.1 Å². The second-order valence-electron chi connectivity index (χ2n) is 4.94. The Labute approximate surface area is 120 Å². The van der Waals surface area contributed by atoms with E-state index in [1.165, 1.54) is 16.9 Å². The van der Waals surface area contributed by atoms with Crippen molar-refractivity contribution in [1.29, 1.82) is 0 Å². The molecule has 0 saturated heterocycles. The van der Waals surface area contributed by atoms with Gasteiger partial charge in [0.1, 0.15) is 0 Å². The molecule has 0 radical (unpaired) electrons. The quantitative estimate of drug-likeness (QED) is 0.910. The molecule has 1 saturated carbocycles. The van der Waals surface area contributed by atoms with Crippen molar-refractivity contribution < 1.29 is 0 Å². The summed E-state index contributed by atoms with van der Waals surface area (Å²) in [4.78, 5) is 13.8. The summed E-state index contributed by atoms with van der Waals surface area (Å²) in [6, 6.07) is 8.59. The van der Waals surface area contributed by atoms with Crippen LogP contribution in [0.25, 0.3) is 0 Å². The van der Waals surface area contributed by atoms with Gasteiger partial charge in [-0.3, -0.25) is 4.79 Å². The molecule has 1 aromatic heterocycles. The van der Waals surface area contributed by atoms with Crippen LogP contribution in [-0.4, -0.2) is 11.0 Å². The molecule has 1 heterocycles. The van der Waals surface area contributed by atoms with E-state index in [0.717, 1.165) is 30.1 Å². The molecule has 19 heavy (non-hydrogen) atoms. The zero-order chi connectivity index (χ0) is 13.2. The molecule has 3 nitrogen and oxygen atoms in total. The molecule has 0 spiro atoms. The van der Waals surface area contributed by atoms with Crippen LogP contribution in [0.4, 0.5) is 0 Å². The minimum atomic E-state index is 0.0133. The SMILES string of the molecule is O=c1[nH]c(CNC2CC(c3ccccc3Cl)C2)cs1. The third kappa shape index (κ3) is 2.91. The van der Waals surface area contributed by atoms with Gasteiger partial charge in [-0.05, 0) is 30.4 Å². The van der Waals surface area contributed by atoms with E-state index in [2.05, 4.69) is 16.4 Å². The molecule has 1 fully saturated rings. The predicted molar refractivity (Wildman–Crippen MR) is 79.0 cm³/mol. The van der Waals surface area contributed by atoms with Gasteiger partial charge in [-0.25, -0.2) is 0 Å². The summed E-state index contributed by atoms with van der Waals surface area (Å²) in [6.45, 7) is 0.735. The van der Waals surface area contributed by atoms with Crippen molar-refractivity contribution in [2.45, 2.75) is 31.3 Å². The number of hydrogen-bond donors (Lipinski definition) is 2. The third-order valence-corrected chi connectivity index (χ3v) is 4.70. The number of halogens is 1. The van der Waals surface area contributed by atoms with E-state index in [0.29, 0.717) is 12.0 Å². The van der Waals surface area contributed by atoms with Gasteiger partial charge >= 0.3 is 4.87 Å².